The van der Waals surface area contributed by atoms with Crippen LogP contribution >= 0.6 is 0 Å². The molecule has 10 nitrogen and oxygen atoms in total. The maximum Gasteiger partial charge on any atom is 0.253 e. The standard InChI is InChI=1S/C14H17N5O5/c15-16-10(20)9-17(5-7-18-11(21)1-2-12(18)22)6-8-19-13(23)3-4-14(19)24/h1-4H,5-9,15H2,(H,16,20). The molecule has 0 saturated heterocycles. The van der Waals surface area contributed by atoms with Gasteiger partial charge in [0.2, 0.25) is 5.91 Å². The molecule has 0 bridgehead atoms. The number of carbonyl (C=O) groups excluding carboxylic acids is 5. The lowest BCUT2D eigenvalue weighted by Gasteiger charge is -2.25. The van der Waals surface area contributed by atoms with Crippen LogP contribution in [-0.2, 0) is 24.0 Å². The Kier molecular flexibility index (Phi) is 5.55. The molecule has 0 aromatic heterocycles. The van der Waals surface area contributed by atoms with E-state index in [0.717, 1.165) is 9.80 Å². The number of imide groups is 2. The average Bonchev–Trinajstić information content (AvgIpc) is 3.05. The molecule has 2 aliphatic rings. The second kappa shape index (κ2) is 7.62. The van der Waals surface area contributed by atoms with Gasteiger partial charge in [0.05, 0.1) is 6.54 Å². The van der Waals surface area contributed by atoms with Crippen LogP contribution in [0.5, 0.6) is 0 Å². The van der Waals surface area contributed by atoms with E-state index in [1.807, 2.05) is 5.43 Å². The Labute approximate surface area is 137 Å². The number of carbonyl (C=O) groups is 5. The lowest BCUT2D eigenvalue weighted by molar-refractivity contribution is -0.137. The fourth-order valence-corrected chi connectivity index (χ4v) is 2.30. The first-order valence-electron chi connectivity index (χ1n) is 7.21. The molecule has 5 amide bonds. The summed E-state index contributed by atoms with van der Waals surface area (Å²) in [5.41, 5.74) is 1.99. The van der Waals surface area contributed by atoms with E-state index in [2.05, 4.69) is 0 Å². The van der Waals surface area contributed by atoms with Gasteiger partial charge in [-0.15, -0.1) is 0 Å². The van der Waals surface area contributed by atoms with Crippen LogP contribution in [0.25, 0.3) is 0 Å². The van der Waals surface area contributed by atoms with Crippen LogP contribution in [0.2, 0.25) is 0 Å². The monoisotopic (exact) mass is 335 g/mol. The molecule has 0 spiro atoms. The lowest BCUT2D eigenvalue weighted by atomic mass is 10.3. The van der Waals surface area contributed by atoms with Gasteiger partial charge in [0, 0.05) is 50.5 Å². The third-order valence-corrected chi connectivity index (χ3v) is 3.61. The predicted molar refractivity (Wildman–Crippen MR) is 80.5 cm³/mol. The Morgan fingerprint density at radius 1 is 0.875 bits per heavy atom. The summed E-state index contributed by atoms with van der Waals surface area (Å²) in [6.07, 6.45) is 4.69. The van der Waals surface area contributed by atoms with E-state index in [0.29, 0.717) is 0 Å². The summed E-state index contributed by atoms with van der Waals surface area (Å²) in [6.45, 7) is 0.488. The summed E-state index contributed by atoms with van der Waals surface area (Å²) in [5.74, 6) is 2.92. The van der Waals surface area contributed by atoms with Crippen molar-refractivity contribution in [3.8, 4) is 0 Å². The van der Waals surface area contributed by atoms with Crippen molar-refractivity contribution in [3.05, 3.63) is 24.3 Å². The van der Waals surface area contributed by atoms with Gasteiger partial charge in [-0.2, -0.15) is 0 Å². The molecule has 3 N–H and O–H groups in total. The minimum atomic E-state index is -0.468. The largest absolute Gasteiger partial charge is 0.293 e. The van der Waals surface area contributed by atoms with Crippen molar-refractivity contribution in [2.75, 3.05) is 32.7 Å². The maximum atomic E-state index is 11.5. The number of nitrogens with one attached hydrogen (secondary N) is 1. The van der Waals surface area contributed by atoms with Gasteiger partial charge in [-0.1, -0.05) is 0 Å². The third-order valence-electron chi connectivity index (χ3n) is 3.61. The first-order valence-corrected chi connectivity index (χ1v) is 7.21. The molecule has 10 heteroatoms. The van der Waals surface area contributed by atoms with Gasteiger partial charge in [-0.3, -0.25) is 44.1 Å². The highest BCUT2D eigenvalue weighted by molar-refractivity contribution is 6.13. The van der Waals surface area contributed by atoms with Gasteiger partial charge in [0.25, 0.3) is 23.6 Å². The average molecular weight is 335 g/mol. The van der Waals surface area contributed by atoms with E-state index in [9.17, 15) is 24.0 Å². The second-order valence-electron chi connectivity index (χ2n) is 5.17. The van der Waals surface area contributed by atoms with Crippen LogP contribution in [0.1, 0.15) is 0 Å². The van der Waals surface area contributed by atoms with Crippen LogP contribution < -0.4 is 11.3 Å². The minimum Gasteiger partial charge on any atom is -0.293 e. The number of hydrogen-bond donors (Lipinski definition) is 2. The highest BCUT2D eigenvalue weighted by atomic mass is 16.2. The van der Waals surface area contributed by atoms with E-state index in [4.69, 9.17) is 5.84 Å². The van der Waals surface area contributed by atoms with Crippen molar-refractivity contribution < 1.29 is 24.0 Å². The first-order chi connectivity index (χ1) is 11.4. The normalized spacial score (nSPS) is 16.9. The molecule has 0 saturated carbocycles. The Morgan fingerprint density at radius 3 is 1.58 bits per heavy atom. The molecule has 24 heavy (non-hydrogen) atoms. The SMILES string of the molecule is NNC(=O)CN(CCN1C(=O)C=CC1=O)CCN1C(=O)C=CC1=O. The Balaban J connectivity index is 1.90. The summed E-state index contributed by atoms with van der Waals surface area (Å²) in [5, 5.41) is 0. The fourth-order valence-electron chi connectivity index (χ4n) is 2.30. The molecule has 2 rings (SSSR count). The van der Waals surface area contributed by atoms with Gasteiger partial charge < -0.3 is 0 Å². The first kappa shape index (κ1) is 17.5. The zero-order valence-electron chi connectivity index (χ0n) is 12.8. The fraction of sp³-hybridized carbons (Fsp3) is 0.357. The van der Waals surface area contributed by atoms with Gasteiger partial charge in [-0.25, -0.2) is 5.84 Å². The smallest absolute Gasteiger partial charge is 0.253 e. The number of nitrogens with two attached hydrogens (primary N) is 1. The molecule has 0 aromatic rings. The van der Waals surface area contributed by atoms with E-state index in [1.165, 1.54) is 24.3 Å². The van der Waals surface area contributed by atoms with Crippen molar-refractivity contribution in [2.24, 2.45) is 5.84 Å². The molecule has 128 valence electrons. The number of nitrogens with zero attached hydrogens (tertiary/aromatic N) is 3. The molecule has 0 unspecified atom stereocenters. The van der Waals surface area contributed by atoms with Crippen LogP contribution in [0.3, 0.4) is 0 Å². The summed E-state index contributed by atoms with van der Waals surface area (Å²) < 4.78 is 0. The number of hydrazine groups is 1. The molecule has 0 aromatic carbocycles. The van der Waals surface area contributed by atoms with Crippen LogP contribution in [0.15, 0.2) is 24.3 Å². The topological polar surface area (TPSA) is 133 Å². The van der Waals surface area contributed by atoms with Gasteiger partial charge in [0.1, 0.15) is 0 Å². The summed E-state index contributed by atoms with van der Waals surface area (Å²) in [4.78, 5) is 61.3. The highest BCUT2D eigenvalue weighted by Crippen LogP contribution is 2.06. The predicted octanol–water partition coefficient (Wildman–Crippen LogP) is -2.87. The summed E-state index contributed by atoms with van der Waals surface area (Å²) in [6, 6.07) is 0. The van der Waals surface area contributed by atoms with E-state index < -0.39 is 29.5 Å². The third kappa shape index (κ3) is 4.12. The van der Waals surface area contributed by atoms with E-state index >= 15 is 0 Å². The number of amides is 5. The Morgan fingerprint density at radius 2 is 1.25 bits per heavy atom. The molecular weight excluding hydrogens is 318 g/mol. The molecule has 0 aliphatic carbocycles. The van der Waals surface area contributed by atoms with Gasteiger partial charge in [0.15, 0.2) is 0 Å². The van der Waals surface area contributed by atoms with E-state index in [1.54, 1.807) is 4.90 Å². The van der Waals surface area contributed by atoms with Crippen molar-refractivity contribution >= 4 is 29.5 Å². The van der Waals surface area contributed by atoms with E-state index in [-0.39, 0.29) is 32.7 Å². The molecule has 2 heterocycles. The minimum absolute atomic E-state index is 0.0860. The maximum absolute atomic E-state index is 11.5. The van der Waals surface area contributed by atoms with Crippen molar-refractivity contribution in [2.45, 2.75) is 0 Å². The molecule has 2 aliphatic heterocycles. The zero-order valence-corrected chi connectivity index (χ0v) is 12.8. The van der Waals surface area contributed by atoms with Crippen molar-refractivity contribution in [1.82, 2.24) is 20.1 Å². The molecule has 0 atom stereocenters. The zero-order chi connectivity index (χ0) is 17.7. The van der Waals surface area contributed by atoms with Gasteiger partial charge in [-0.05, 0) is 0 Å². The van der Waals surface area contributed by atoms with Gasteiger partial charge >= 0.3 is 0 Å². The lowest BCUT2D eigenvalue weighted by Crippen LogP contribution is -2.47. The van der Waals surface area contributed by atoms with Crippen molar-refractivity contribution in [1.29, 1.82) is 0 Å². The number of hydrogen-bond acceptors (Lipinski definition) is 7. The summed E-state index contributed by atoms with van der Waals surface area (Å²) in [7, 11) is 0. The van der Waals surface area contributed by atoms with Crippen LogP contribution in [0.4, 0.5) is 0 Å². The quantitative estimate of drug-likeness (QED) is 0.211. The summed E-state index contributed by atoms with van der Waals surface area (Å²) >= 11 is 0. The van der Waals surface area contributed by atoms with Crippen LogP contribution in [0, 0.1) is 0 Å². The number of rotatable bonds is 8. The molecular formula is C14H17N5O5. The highest BCUT2D eigenvalue weighted by Gasteiger charge is 2.26. The second-order valence-corrected chi connectivity index (χ2v) is 5.17. The van der Waals surface area contributed by atoms with Crippen LogP contribution in [-0.4, -0.2) is 77.0 Å². The Bertz CT molecular complexity index is 559. The molecule has 0 radical (unpaired) electrons. The molecule has 0 fully saturated rings. The van der Waals surface area contributed by atoms with Crippen molar-refractivity contribution in [3.63, 3.8) is 0 Å². The Hall–Kier alpha value is -2.85.